The van der Waals surface area contributed by atoms with Gasteiger partial charge in [-0.05, 0) is 64.7 Å². The maximum absolute atomic E-state index is 13.1. The maximum atomic E-state index is 13.1. The van der Waals surface area contributed by atoms with E-state index in [1.807, 2.05) is 37.3 Å². The first kappa shape index (κ1) is 60.0. The first-order valence-corrected chi connectivity index (χ1v) is 24.0. The highest BCUT2D eigenvalue weighted by atomic mass is 16.8. The van der Waals surface area contributed by atoms with Crippen LogP contribution in [0.5, 0.6) is 0 Å². The molecule has 0 bridgehead atoms. The summed E-state index contributed by atoms with van der Waals surface area (Å²) < 4.78 is 33.9. The molecule has 69 heavy (non-hydrogen) atoms. The number of hydrogen-bond donors (Lipinski definition) is 12. The molecule has 0 spiro atoms. The van der Waals surface area contributed by atoms with E-state index in [0.717, 1.165) is 44.9 Å². The number of ether oxygens (including phenoxy) is 6. The summed E-state index contributed by atoms with van der Waals surface area (Å²) in [5.41, 5.74) is 0. The Morgan fingerprint density at radius 3 is 1.48 bits per heavy atom. The lowest BCUT2D eigenvalue weighted by Gasteiger charge is -2.48. The largest absolute Gasteiger partial charge is 0.394 e. The van der Waals surface area contributed by atoms with Gasteiger partial charge >= 0.3 is 0 Å². The summed E-state index contributed by atoms with van der Waals surface area (Å²) in [6.07, 6.45) is 12.0. The molecule has 0 aliphatic carbocycles. The predicted molar refractivity (Wildman–Crippen MR) is 254 cm³/mol. The van der Waals surface area contributed by atoms with Gasteiger partial charge in [-0.15, -0.1) is 0 Å². The smallest absolute Gasteiger partial charge is 0.224 e. The summed E-state index contributed by atoms with van der Waals surface area (Å²) in [5.74, 6) is -0.427. The molecule has 17 atom stereocenters. The van der Waals surface area contributed by atoms with Crippen LogP contribution < -0.4 is 5.32 Å². The monoisotopic (exact) mass is 982 g/mol. The van der Waals surface area contributed by atoms with Gasteiger partial charge in [0.25, 0.3) is 0 Å². The second-order valence-electron chi connectivity index (χ2n) is 16.8. The summed E-state index contributed by atoms with van der Waals surface area (Å²) >= 11 is 0. The van der Waals surface area contributed by atoms with Crippen LogP contribution in [0.1, 0.15) is 78.1 Å². The standard InChI is InChI=1S/C50H79NO18/c1-3-5-7-9-11-13-14-15-16-17-18-20-22-24-26-28-38(56)51-33(34(55)27-25-23-21-19-12-10-8-6-4-2)32-64-48-44(62)41(59)46(36(30-53)66-48)69-50-45(63)42(60)47(37(31-54)67-50)68-49-43(61)40(58)39(57)35(29-52)65-49/h4-7,11-13,15-16,18-20,24-27,33-37,39-50,52-55,57-63H,3,8-10,14,17,21-23,28-32H2,1-2H3,(H,51,56)/b6-4+,7-5-,13-11-,16-15-,19-12+,20-18-,26-24-,27-25+. The number of nitrogens with one attached hydrogen (secondary N) is 1. The van der Waals surface area contributed by atoms with Crippen molar-refractivity contribution in [1.82, 2.24) is 5.32 Å². The Bertz CT molecular complexity index is 1650. The van der Waals surface area contributed by atoms with Gasteiger partial charge in [-0.25, -0.2) is 0 Å². The third kappa shape index (κ3) is 20.4. The van der Waals surface area contributed by atoms with Crippen LogP contribution in [-0.4, -0.2) is 193 Å². The molecule has 392 valence electrons. The second-order valence-corrected chi connectivity index (χ2v) is 16.8. The van der Waals surface area contributed by atoms with Gasteiger partial charge < -0.3 is 89.9 Å². The van der Waals surface area contributed by atoms with Crippen LogP contribution in [0.4, 0.5) is 0 Å². The Morgan fingerprint density at radius 2 is 0.971 bits per heavy atom. The molecule has 0 saturated carbocycles. The maximum Gasteiger partial charge on any atom is 0.224 e. The Kier molecular flexibility index (Phi) is 29.7. The van der Waals surface area contributed by atoms with E-state index in [0.29, 0.717) is 12.8 Å². The molecule has 0 aromatic carbocycles. The summed E-state index contributed by atoms with van der Waals surface area (Å²) in [5, 5.41) is 119. The fourth-order valence-electron chi connectivity index (χ4n) is 7.47. The lowest BCUT2D eigenvalue weighted by molar-refractivity contribution is -0.379. The van der Waals surface area contributed by atoms with E-state index in [9.17, 15) is 61.0 Å². The van der Waals surface area contributed by atoms with Crippen LogP contribution in [0.15, 0.2) is 97.2 Å². The first-order valence-electron chi connectivity index (χ1n) is 24.0. The van der Waals surface area contributed by atoms with Gasteiger partial charge in [0.1, 0.15) is 73.2 Å². The van der Waals surface area contributed by atoms with Crippen molar-refractivity contribution in [1.29, 1.82) is 0 Å². The van der Waals surface area contributed by atoms with E-state index in [-0.39, 0.29) is 6.42 Å². The summed E-state index contributed by atoms with van der Waals surface area (Å²) in [6, 6.07) is -1.05. The van der Waals surface area contributed by atoms with Crippen LogP contribution in [0.25, 0.3) is 0 Å². The first-order chi connectivity index (χ1) is 33.3. The fraction of sp³-hybridized carbons (Fsp3) is 0.660. The zero-order chi connectivity index (χ0) is 50.6. The zero-order valence-corrected chi connectivity index (χ0v) is 39.7. The molecule has 3 rings (SSSR count). The minimum Gasteiger partial charge on any atom is -0.394 e. The van der Waals surface area contributed by atoms with E-state index in [1.54, 1.807) is 12.2 Å². The number of aliphatic hydroxyl groups is 11. The van der Waals surface area contributed by atoms with Crippen LogP contribution in [-0.2, 0) is 33.2 Å². The second kappa shape index (κ2) is 34.1. The van der Waals surface area contributed by atoms with Crippen molar-refractivity contribution in [3.05, 3.63) is 97.2 Å². The summed E-state index contributed by atoms with van der Waals surface area (Å²) in [6.45, 7) is 1.19. The van der Waals surface area contributed by atoms with E-state index < -0.39 is 137 Å². The van der Waals surface area contributed by atoms with Crippen molar-refractivity contribution in [3.8, 4) is 0 Å². The molecule has 1 amide bonds. The number of allylic oxidation sites excluding steroid dienone is 14. The Labute approximate surface area is 405 Å². The van der Waals surface area contributed by atoms with Crippen LogP contribution in [0.3, 0.4) is 0 Å². The van der Waals surface area contributed by atoms with E-state index in [2.05, 4.69) is 60.8 Å². The van der Waals surface area contributed by atoms with Crippen molar-refractivity contribution < 1.29 is 89.4 Å². The molecular weight excluding hydrogens is 903 g/mol. The molecular formula is C50H79NO18. The normalized spacial score (nSPS) is 33.7. The Morgan fingerprint density at radius 1 is 0.536 bits per heavy atom. The van der Waals surface area contributed by atoms with Gasteiger partial charge in [0.2, 0.25) is 5.91 Å². The molecule has 19 nitrogen and oxygen atoms in total. The highest BCUT2D eigenvalue weighted by Crippen LogP contribution is 2.33. The quantitative estimate of drug-likeness (QED) is 0.0348. The van der Waals surface area contributed by atoms with Crippen molar-refractivity contribution in [2.75, 3.05) is 26.4 Å². The zero-order valence-electron chi connectivity index (χ0n) is 39.7. The number of hydrogen-bond acceptors (Lipinski definition) is 18. The number of carbonyl (C=O) groups is 1. The minimum atomic E-state index is -1.99. The lowest BCUT2D eigenvalue weighted by Crippen LogP contribution is -2.66. The Balaban J connectivity index is 1.61. The van der Waals surface area contributed by atoms with Gasteiger partial charge in [0, 0.05) is 6.42 Å². The molecule has 12 N–H and O–H groups in total. The van der Waals surface area contributed by atoms with E-state index >= 15 is 0 Å². The van der Waals surface area contributed by atoms with Crippen molar-refractivity contribution >= 4 is 5.91 Å². The molecule has 19 heteroatoms. The van der Waals surface area contributed by atoms with Gasteiger partial charge in [-0.2, -0.15) is 0 Å². The molecule has 3 fully saturated rings. The van der Waals surface area contributed by atoms with Crippen molar-refractivity contribution in [3.63, 3.8) is 0 Å². The molecule has 3 heterocycles. The summed E-state index contributed by atoms with van der Waals surface area (Å²) in [7, 11) is 0. The highest BCUT2D eigenvalue weighted by molar-refractivity contribution is 5.77. The van der Waals surface area contributed by atoms with Gasteiger partial charge in [0.05, 0.1) is 38.6 Å². The van der Waals surface area contributed by atoms with E-state index in [1.165, 1.54) is 6.08 Å². The number of unbranched alkanes of at least 4 members (excludes halogenated alkanes) is 2. The molecule has 3 saturated heterocycles. The third-order valence-electron chi connectivity index (χ3n) is 11.5. The van der Waals surface area contributed by atoms with Crippen molar-refractivity contribution in [2.45, 2.75) is 182 Å². The molecule has 17 unspecified atom stereocenters. The molecule has 3 aliphatic heterocycles. The molecule has 0 aromatic heterocycles. The van der Waals surface area contributed by atoms with Crippen LogP contribution >= 0.6 is 0 Å². The lowest BCUT2D eigenvalue weighted by atomic mass is 9.96. The van der Waals surface area contributed by atoms with Gasteiger partial charge in [-0.1, -0.05) is 104 Å². The number of aliphatic hydroxyl groups excluding tert-OH is 11. The van der Waals surface area contributed by atoms with Gasteiger partial charge in [0.15, 0.2) is 18.9 Å². The average molecular weight is 982 g/mol. The van der Waals surface area contributed by atoms with Crippen LogP contribution in [0.2, 0.25) is 0 Å². The predicted octanol–water partition coefficient (Wildman–Crippen LogP) is 0.687. The minimum absolute atomic E-state index is 0.00705. The SMILES string of the molecule is C/C=C/CC/C=C/CC/C=C/C(O)C(COC1OC(CO)C(OC2OC(CO)C(OC3OC(CO)C(O)C(O)C3O)C(O)C2O)C(O)C1O)NC(=O)C/C=C\C/C=C\C/C=C\C/C=C\C/C=C\CC. The molecule has 0 radical (unpaired) electrons. The molecule has 0 aromatic rings. The molecule has 3 aliphatic rings. The highest BCUT2D eigenvalue weighted by Gasteiger charge is 2.53. The number of rotatable bonds is 30. The average Bonchev–Trinajstić information content (AvgIpc) is 3.34. The Hall–Kier alpha value is -3.29. The summed E-state index contributed by atoms with van der Waals surface area (Å²) in [4.78, 5) is 13.1. The van der Waals surface area contributed by atoms with Gasteiger partial charge in [-0.3, -0.25) is 4.79 Å². The third-order valence-corrected chi connectivity index (χ3v) is 11.5. The van der Waals surface area contributed by atoms with E-state index in [4.69, 9.17) is 28.4 Å². The fourth-order valence-corrected chi connectivity index (χ4v) is 7.47. The number of amides is 1. The van der Waals surface area contributed by atoms with Crippen molar-refractivity contribution in [2.24, 2.45) is 0 Å². The topological polar surface area (TPSA) is 307 Å². The van der Waals surface area contributed by atoms with Crippen LogP contribution in [0, 0.1) is 0 Å². The number of carbonyl (C=O) groups excluding carboxylic acids is 1.